The summed E-state index contributed by atoms with van der Waals surface area (Å²) < 4.78 is 5.20. The van der Waals surface area contributed by atoms with Gasteiger partial charge >= 0.3 is 0 Å². The molecule has 0 spiro atoms. The molecule has 0 rings (SSSR count). The van der Waals surface area contributed by atoms with Gasteiger partial charge in [0.25, 0.3) is 0 Å². The standard InChI is InChI=1S/C7H14O/c1-5-7(4)8-6(2)3/h7H,2,5H2,1,3-4H3. The van der Waals surface area contributed by atoms with Gasteiger partial charge in [-0.15, -0.1) is 0 Å². The summed E-state index contributed by atoms with van der Waals surface area (Å²) in [7, 11) is 0. The molecule has 0 radical (unpaired) electrons. The summed E-state index contributed by atoms with van der Waals surface area (Å²) in [5.41, 5.74) is 0. The van der Waals surface area contributed by atoms with E-state index in [-0.39, 0.29) is 0 Å². The van der Waals surface area contributed by atoms with Crippen molar-refractivity contribution in [1.82, 2.24) is 0 Å². The Morgan fingerprint density at radius 1 is 1.75 bits per heavy atom. The van der Waals surface area contributed by atoms with Gasteiger partial charge in [-0.3, -0.25) is 0 Å². The molecule has 0 bridgehead atoms. The van der Waals surface area contributed by atoms with E-state index >= 15 is 0 Å². The van der Waals surface area contributed by atoms with Gasteiger partial charge in [-0.25, -0.2) is 0 Å². The maximum Gasteiger partial charge on any atom is 0.0951 e. The molecule has 0 N–H and O–H groups in total. The Morgan fingerprint density at radius 3 is 2.38 bits per heavy atom. The molecule has 0 aromatic rings. The van der Waals surface area contributed by atoms with Crippen LogP contribution in [-0.4, -0.2) is 6.10 Å². The Morgan fingerprint density at radius 2 is 2.25 bits per heavy atom. The fraction of sp³-hybridized carbons (Fsp3) is 0.714. The first-order valence-corrected chi connectivity index (χ1v) is 2.99. The van der Waals surface area contributed by atoms with Gasteiger partial charge < -0.3 is 4.74 Å². The molecule has 1 heteroatoms. The highest BCUT2D eigenvalue weighted by Gasteiger charge is 1.95. The maximum atomic E-state index is 5.20. The third-order valence-corrected chi connectivity index (χ3v) is 0.977. The lowest BCUT2D eigenvalue weighted by Gasteiger charge is -2.10. The van der Waals surface area contributed by atoms with E-state index in [0.717, 1.165) is 12.2 Å². The lowest BCUT2D eigenvalue weighted by molar-refractivity contribution is 0.131. The van der Waals surface area contributed by atoms with Crippen LogP contribution in [0.3, 0.4) is 0 Å². The van der Waals surface area contributed by atoms with Crippen molar-refractivity contribution in [3.05, 3.63) is 12.3 Å². The summed E-state index contributed by atoms with van der Waals surface area (Å²) >= 11 is 0. The second kappa shape index (κ2) is 3.53. The molecule has 0 aromatic carbocycles. The third-order valence-electron chi connectivity index (χ3n) is 0.977. The van der Waals surface area contributed by atoms with Gasteiger partial charge in [0.2, 0.25) is 0 Å². The summed E-state index contributed by atoms with van der Waals surface area (Å²) in [6.07, 6.45) is 1.37. The SMILES string of the molecule is C=C(C)OC(C)CC. The molecule has 0 fully saturated rings. The molecule has 1 unspecified atom stereocenters. The Bertz CT molecular complexity index is 76.5. The van der Waals surface area contributed by atoms with Crippen molar-refractivity contribution in [2.24, 2.45) is 0 Å². The highest BCUT2D eigenvalue weighted by atomic mass is 16.5. The Kier molecular flexibility index (Phi) is 3.33. The van der Waals surface area contributed by atoms with Crippen molar-refractivity contribution < 1.29 is 4.74 Å². The molecule has 0 aliphatic heterocycles. The van der Waals surface area contributed by atoms with Crippen LogP contribution in [-0.2, 0) is 4.74 Å². The molecule has 0 saturated carbocycles. The molecular formula is C7H14O. The molecule has 0 aromatic heterocycles. The van der Waals surface area contributed by atoms with E-state index in [2.05, 4.69) is 13.5 Å². The van der Waals surface area contributed by atoms with Crippen LogP contribution in [0, 0.1) is 0 Å². The quantitative estimate of drug-likeness (QED) is 0.512. The lowest BCUT2D eigenvalue weighted by atomic mass is 10.3. The van der Waals surface area contributed by atoms with E-state index in [9.17, 15) is 0 Å². The molecule has 1 nitrogen and oxygen atoms in total. The minimum atomic E-state index is 0.326. The van der Waals surface area contributed by atoms with E-state index in [1.54, 1.807) is 0 Å². The maximum absolute atomic E-state index is 5.20. The molecular weight excluding hydrogens is 100 g/mol. The van der Waals surface area contributed by atoms with Gasteiger partial charge in [0.05, 0.1) is 11.9 Å². The zero-order valence-corrected chi connectivity index (χ0v) is 5.90. The average molecular weight is 114 g/mol. The predicted molar refractivity (Wildman–Crippen MR) is 35.7 cm³/mol. The number of hydrogen-bond acceptors (Lipinski definition) is 1. The fourth-order valence-electron chi connectivity index (χ4n) is 0.427. The molecule has 0 aliphatic carbocycles. The summed E-state index contributed by atoms with van der Waals surface area (Å²) in [6.45, 7) is 9.62. The van der Waals surface area contributed by atoms with E-state index in [4.69, 9.17) is 4.74 Å². The third kappa shape index (κ3) is 3.72. The molecule has 8 heavy (non-hydrogen) atoms. The van der Waals surface area contributed by atoms with E-state index in [0.29, 0.717) is 6.10 Å². The Balaban J connectivity index is 3.24. The first-order chi connectivity index (χ1) is 3.66. The predicted octanol–water partition coefficient (Wildman–Crippen LogP) is 2.34. The van der Waals surface area contributed by atoms with Crippen LogP contribution in [0.15, 0.2) is 12.3 Å². The van der Waals surface area contributed by atoms with Crippen LogP contribution < -0.4 is 0 Å². The van der Waals surface area contributed by atoms with Crippen molar-refractivity contribution in [3.63, 3.8) is 0 Å². The molecule has 0 saturated heterocycles. The van der Waals surface area contributed by atoms with Crippen LogP contribution in [0.2, 0.25) is 0 Å². The summed E-state index contributed by atoms with van der Waals surface area (Å²) in [5.74, 6) is 0.805. The minimum absolute atomic E-state index is 0.326. The van der Waals surface area contributed by atoms with Gasteiger partial charge in [0, 0.05) is 0 Å². The lowest BCUT2D eigenvalue weighted by Crippen LogP contribution is -2.03. The monoisotopic (exact) mass is 114 g/mol. The zero-order valence-electron chi connectivity index (χ0n) is 5.90. The normalized spacial score (nSPS) is 12.9. The van der Waals surface area contributed by atoms with Crippen molar-refractivity contribution in [2.75, 3.05) is 0 Å². The van der Waals surface area contributed by atoms with Gasteiger partial charge in [-0.05, 0) is 20.3 Å². The first-order valence-electron chi connectivity index (χ1n) is 2.99. The van der Waals surface area contributed by atoms with Crippen LogP contribution in [0.5, 0.6) is 0 Å². The molecule has 0 aliphatic rings. The fourth-order valence-corrected chi connectivity index (χ4v) is 0.427. The largest absolute Gasteiger partial charge is 0.496 e. The first kappa shape index (κ1) is 7.54. The number of rotatable bonds is 3. The highest BCUT2D eigenvalue weighted by Crippen LogP contribution is 2.00. The summed E-state index contributed by atoms with van der Waals surface area (Å²) in [4.78, 5) is 0. The van der Waals surface area contributed by atoms with Crippen LogP contribution in [0.25, 0.3) is 0 Å². The Labute approximate surface area is 51.4 Å². The van der Waals surface area contributed by atoms with Crippen molar-refractivity contribution in [2.45, 2.75) is 33.3 Å². The van der Waals surface area contributed by atoms with Crippen molar-refractivity contribution in [1.29, 1.82) is 0 Å². The van der Waals surface area contributed by atoms with E-state index in [1.165, 1.54) is 0 Å². The van der Waals surface area contributed by atoms with Gasteiger partial charge in [0.1, 0.15) is 0 Å². The van der Waals surface area contributed by atoms with Crippen molar-refractivity contribution >= 4 is 0 Å². The minimum Gasteiger partial charge on any atom is -0.496 e. The molecule has 1 atom stereocenters. The topological polar surface area (TPSA) is 9.23 Å². The number of ether oxygens (including phenoxy) is 1. The Hall–Kier alpha value is -0.460. The van der Waals surface area contributed by atoms with Gasteiger partial charge in [-0.1, -0.05) is 13.5 Å². The summed E-state index contributed by atoms with van der Waals surface area (Å²) in [5, 5.41) is 0. The highest BCUT2D eigenvalue weighted by molar-refractivity contribution is 4.74. The van der Waals surface area contributed by atoms with E-state index < -0.39 is 0 Å². The van der Waals surface area contributed by atoms with Crippen LogP contribution in [0.4, 0.5) is 0 Å². The second-order valence-corrected chi connectivity index (χ2v) is 2.04. The molecule has 48 valence electrons. The smallest absolute Gasteiger partial charge is 0.0951 e. The van der Waals surface area contributed by atoms with Crippen LogP contribution in [0.1, 0.15) is 27.2 Å². The van der Waals surface area contributed by atoms with Gasteiger partial charge in [-0.2, -0.15) is 0 Å². The second-order valence-electron chi connectivity index (χ2n) is 2.04. The number of hydrogen-bond donors (Lipinski definition) is 0. The van der Waals surface area contributed by atoms with Crippen LogP contribution >= 0.6 is 0 Å². The van der Waals surface area contributed by atoms with Crippen molar-refractivity contribution in [3.8, 4) is 0 Å². The van der Waals surface area contributed by atoms with Gasteiger partial charge in [0.15, 0.2) is 0 Å². The average Bonchev–Trinajstić information content (AvgIpc) is 1.65. The zero-order chi connectivity index (χ0) is 6.57. The number of allylic oxidation sites excluding steroid dienone is 1. The molecule has 0 heterocycles. The summed E-state index contributed by atoms with van der Waals surface area (Å²) in [6, 6.07) is 0. The molecule has 0 amide bonds. The van der Waals surface area contributed by atoms with E-state index in [1.807, 2.05) is 13.8 Å².